The van der Waals surface area contributed by atoms with Crippen molar-refractivity contribution in [1.82, 2.24) is 25.8 Å². The largest absolute Gasteiger partial charge is 0.391 e. The third kappa shape index (κ3) is 7.96. The fourth-order valence-corrected chi connectivity index (χ4v) is 4.79. The molecule has 2 aliphatic rings. The Labute approximate surface area is 232 Å². The van der Waals surface area contributed by atoms with Crippen molar-refractivity contribution >= 4 is 35.8 Å². The van der Waals surface area contributed by atoms with E-state index < -0.39 is 84.1 Å². The Morgan fingerprint density at radius 1 is 0.775 bits per heavy atom. The van der Waals surface area contributed by atoms with Crippen molar-refractivity contribution in [2.75, 3.05) is 13.1 Å². The lowest BCUT2D eigenvalue weighted by molar-refractivity contribution is -0.145. The third-order valence-electron chi connectivity index (χ3n) is 7.25. The Kier molecular flexibility index (Phi) is 12.0. The summed E-state index contributed by atoms with van der Waals surface area (Å²) in [7, 11) is 0. The van der Waals surface area contributed by atoms with Gasteiger partial charge in [0, 0.05) is 13.1 Å². The number of nitrogens with zero attached hydrogens (tertiary/aromatic N) is 2. The number of aliphatic hydroxyl groups is 3. The lowest BCUT2D eigenvalue weighted by Gasteiger charge is -2.32. The smallest absolute Gasteiger partial charge is 0.248 e. The Bertz CT molecular complexity index is 959. The van der Waals surface area contributed by atoms with E-state index in [1.165, 1.54) is 37.5 Å². The molecule has 2 fully saturated rings. The van der Waals surface area contributed by atoms with Gasteiger partial charge in [0.25, 0.3) is 0 Å². The van der Waals surface area contributed by atoms with Crippen molar-refractivity contribution in [1.29, 1.82) is 0 Å². The molecule has 2 aliphatic heterocycles. The molecule has 5 amide bonds. The first-order valence-electron chi connectivity index (χ1n) is 13.5. The molecule has 0 aliphatic carbocycles. The van der Waals surface area contributed by atoms with Crippen LogP contribution in [0.3, 0.4) is 0 Å². The van der Waals surface area contributed by atoms with E-state index in [9.17, 15) is 44.1 Å². The summed E-state index contributed by atoms with van der Waals surface area (Å²) in [6.45, 7) is 5.85. The van der Waals surface area contributed by atoms with E-state index in [0.717, 1.165) is 0 Å². The standard InChI is InChI=1S/C25H42N6O9/c1-12(24(39)30-9-5-8-18(30)22(37)28-16(11-32)13(2)33)27-21(36)17-7-6-10-31(17)25(40)20(15(4)35)29-23(38)19(26)14(3)34/h11-20,33-35H,5-10,26H2,1-4H3,(H,27,36)(H,28,37)(H,29,38)/t12-,13+,14+,15+,16+,17-,18-,19-,20-/m0/s1. The lowest BCUT2D eigenvalue weighted by Crippen LogP contribution is -2.61. The third-order valence-corrected chi connectivity index (χ3v) is 7.25. The van der Waals surface area contributed by atoms with E-state index in [-0.39, 0.29) is 19.5 Å². The van der Waals surface area contributed by atoms with Gasteiger partial charge in [0.2, 0.25) is 29.5 Å². The summed E-state index contributed by atoms with van der Waals surface area (Å²) < 4.78 is 0. The molecule has 226 valence electrons. The van der Waals surface area contributed by atoms with Gasteiger partial charge in [-0.15, -0.1) is 0 Å². The highest BCUT2D eigenvalue weighted by atomic mass is 16.3. The maximum Gasteiger partial charge on any atom is 0.248 e. The molecule has 9 atom stereocenters. The number of nitrogens with two attached hydrogens (primary N) is 1. The van der Waals surface area contributed by atoms with Crippen LogP contribution in [0.2, 0.25) is 0 Å². The molecule has 0 radical (unpaired) electrons. The monoisotopic (exact) mass is 570 g/mol. The van der Waals surface area contributed by atoms with Crippen LogP contribution >= 0.6 is 0 Å². The van der Waals surface area contributed by atoms with Crippen LogP contribution in [0.4, 0.5) is 0 Å². The van der Waals surface area contributed by atoms with E-state index in [0.29, 0.717) is 25.5 Å². The summed E-state index contributed by atoms with van der Waals surface area (Å²) in [5, 5.41) is 36.7. The Morgan fingerprint density at radius 2 is 1.27 bits per heavy atom. The lowest BCUT2D eigenvalue weighted by atomic mass is 10.1. The topological polar surface area (TPSA) is 232 Å². The highest BCUT2D eigenvalue weighted by Gasteiger charge is 2.42. The molecule has 40 heavy (non-hydrogen) atoms. The zero-order valence-corrected chi connectivity index (χ0v) is 23.3. The minimum atomic E-state index is -1.41. The first-order chi connectivity index (χ1) is 18.7. The van der Waals surface area contributed by atoms with Gasteiger partial charge in [0.15, 0.2) is 0 Å². The van der Waals surface area contributed by atoms with Crippen LogP contribution in [0.5, 0.6) is 0 Å². The molecule has 8 N–H and O–H groups in total. The van der Waals surface area contributed by atoms with Gasteiger partial charge >= 0.3 is 0 Å². The van der Waals surface area contributed by atoms with Crippen molar-refractivity contribution in [2.24, 2.45) is 5.73 Å². The highest BCUT2D eigenvalue weighted by molar-refractivity contribution is 5.96. The van der Waals surface area contributed by atoms with Crippen LogP contribution in [0.25, 0.3) is 0 Å². The van der Waals surface area contributed by atoms with Gasteiger partial charge in [-0.1, -0.05) is 0 Å². The first-order valence-corrected chi connectivity index (χ1v) is 13.5. The summed E-state index contributed by atoms with van der Waals surface area (Å²) in [6, 6.07) is -6.75. The molecular formula is C25H42N6O9. The van der Waals surface area contributed by atoms with Crippen LogP contribution in [-0.4, -0.2) is 129 Å². The van der Waals surface area contributed by atoms with Crippen molar-refractivity contribution < 1.29 is 44.1 Å². The number of nitrogens with one attached hydrogen (secondary N) is 3. The zero-order chi connectivity index (χ0) is 30.3. The summed E-state index contributed by atoms with van der Waals surface area (Å²) in [5.74, 6) is -3.28. The second-order valence-electron chi connectivity index (χ2n) is 10.5. The molecule has 0 spiro atoms. The molecule has 2 rings (SSSR count). The number of carbonyl (C=O) groups excluding carboxylic acids is 6. The number of likely N-dealkylation sites (tertiary alicyclic amines) is 2. The summed E-state index contributed by atoms with van der Waals surface area (Å²) in [6.07, 6.45) is -1.59. The molecule has 0 unspecified atom stereocenters. The van der Waals surface area contributed by atoms with E-state index in [4.69, 9.17) is 5.73 Å². The van der Waals surface area contributed by atoms with Crippen LogP contribution in [0, 0.1) is 0 Å². The maximum absolute atomic E-state index is 13.2. The van der Waals surface area contributed by atoms with Crippen molar-refractivity contribution in [3.8, 4) is 0 Å². The van der Waals surface area contributed by atoms with Crippen molar-refractivity contribution in [3.63, 3.8) is 0 Å². The van der Waals surface area contributed by atoms with Crippen LogP contribution < -0.4 is 21.7 Å². The number of carbonyl (C=O) groups is 6. The molecule has 0 bridgehead atoms. The second-order valence-corrected chi connectivity index (χ2v) is 10.5. The van der Waals surface area contributed by atoms with Gasteiger partial charge in [0.05, 0.1) is 18.3 Å². The number of hydrogen-bond acceptors (Lipinski definition) is 10. The van der Waals surface area contributed by atoms with E-state index in [1.54, 1.807) is 0 Å². The number of aldehydes is 1. The van der Waals surface area contributed by atoms with Crippen LogP contribution in [0.15, 0.2) is 0 Å². The highest BCUT2D eigenvalue weighted by Crippen LogP contribution is 2.21. The summed E-state index contributed by atoms with van der Waals surface area (Å²) in [5.41, 5.74) is 5.62. The molecule has 2 heterocycles. The van der Waals surface area contributed by atoms with Gasteiger partial charge in [0.1, 0.15) is 42.5 Å². The van der Waals surface area contributed by atoms with E-state index >= 15 is 0 Å². The maximum atomic E-state index is 13.2. The summed E-state index contributed by atoms with van der Waals surface area (Å²) >= 11 is 0. The minimum absolute atomic E-state index is 0.177. The molecule has 0 aromatic heterocycles. The van der Waals surface area contributed by atoms with E-state index in [2.05, 4.69) is 16.0 Å². The van der Waals surface area contributed by atoms with Crippen LogP contribution in [-0.2, 0) is 28.8 Å². The average Bonchev–Trinajstić information content (AvgIpc) is 3.58. The predicted octanol–water partition coefficient (Wildman–Crippen LogP) is -3.89. The molecule has 2 saturated heterocycles. The van der Waals surface area contributed by atoms with Crippen molar-refractivity contribution in [2.45, 2.75) is 108 Å². The fraction of sp³-hybridized carbons (Fsp3) is 0.760. The van der Waals surface area contributed by atoms with Crippen molar-refractivity contribution in [3.05, 3.63) is 0 Å². The van der Waals surface area contributed by atoms with Gasteiger partial charge in [-0.05, 0) is 53.4 Å². The Balaban J connectivity index is 2.07. The molecule has 0 aromatic rings. The number of aliphatic hydroxyl groups excluding tert-OH is 3. The molecule has 15 nitrogen and oxygen atoms in total. The quantitative estimate of drug-likeness (QED) is 0.113. The van der Waals surface area contributed by atoms with Gasteiger partial charge in [-0.25, -0.2) is 0 Å². The Morgan fingerprint density at radius 3 is 1.73 bits per heavy atom. The normalized spacial score (nSPS) is 24.2. The number of amides is 5. The average molecular weight is 571 g/mol. The first kappa shape index (κ1) is 33.1. The van der Waals surface area contributed by atoms with Gasteiger partial charge < -0.3 is 51.6 Å². The van der Waals surface area contributed by atoms with Gasteiger partial charge in [-0.2, -0.15) is 0 Å². The van der Waals surface area contributed by atoms with E-state index in [1.807, 2.05) is 0 Å². The molecule has 0 aromatic carbocycles. The number of hydrogen-bond donors (Lipinski definition) is 7. The second kappa shape index (κ2) is 14.5. The SMILES string of the molecule is C[C@H](NC(=O)[C@@H]1CCCN1C(=O)[C@@H](NC(=O)[C@@H](N)[C@@H](C)O)[C@@H](C)O)C(=O)N1CCC[C@H]1C(=O)N[C@H](C=O)[C@@H](C)O. The van der Waals surface area contributed by atoms with Gasteiger partial charge in [-0.3, -0.25) is 24.0 Å². The minimum Gasteiger partial charge on any atom is -0.391 e. The fourth-order valence-electron chi connectivity index (χ4n) is 4.79. The summed E-state index contributed by atoms with van der Waals surface area (Å²) in [4.78, 5) is 78.3. The molecule has 0 saturated carbocycles. The zero-order valence-electron chi connectivity index (χ0n) is 23.3. The predicted molar refractivity (Wildman–Crippen MR) is 140 cm³/mol. The number of rotatable bonds is 12. The van der Waals surface area contributed by atoms with Crippen LogP contribution in [0.1, 0.15) is 53.4 Å². The molecule has 15 heteroatoms. The Hall–Kier alpha value is -3.14. The molecular weight excluding hydrogens is 528 g/mol.